The van der Waals surface area contributed by atoms with Crippen LogP contribution in [-0.2, 0) is 0 Å². The first-order valence-electron chi connectivity index (χ1n) is 5.39. The molecule has 4 heteroatoms. The molecule has 0 aliphatic rings. The predicted molar refractivity (Wildman–Crippen MR) is 73.5 cm³/mol. The SMILES string of the molecule is CC(O)N(c1cccs1)C(Cl)c1ccccc1. The summed E-state index contributed by atoms with van der Waals surface area (Å²) in [6, 6.07) is 13.7. The molecule has 0 aliphatic heterocycles. The van der Waals surface area contributed by atoms with Gasteiger partial charge in [-0.05, 0) is 30.0 Å². The van der Waals surface area contributed by atoms with Crippen molar-refractivity contribution in [3.05, 3.63) is 53.4 Å². The zero-order valence-corrected chi connectivity index (χ0v) is 11.0. The molecule has 2 nitrogen and oxygen atoms in total. The number of thiophene rings is 1. The summed E-state index contributed by atoms with van der Waals surface area (Å²) in [7, 11) is 0. The minimum absolute atomic E-state index is 0.366. The van der Waals surface area contributed by atoms with Gasteiger partial charge in [0.1, 0.15) is 11.7 Å². The number of aliphatic hydroxyl groups is 1. The van der Waals surface area contributed by atoms with Gasteiger partial charge in [0.25, 0.3) is 0 Å². The first-order valence-corrected chi connectivity index (χ1v) is 6.70. The summed E-state index contributed by atoms with van der Waals surface area (Å²) in [6.07, 6.45) is -0.628. The monoisotopic (exact) mass is 267 g/mol. The topological polar surface area (TPSA) is 23.5 Å². The van der Waals surface area contributed by atoms with Crippen LogP contribution >= 0.6 is 22.9 Å². The Kier molecular flexibility index (Phi) is 4.05. The number of benzene rings is 1. The summed E-state index contributed by atoms with van der Waals surface area (Å²) in [5, 5.41) is 12.8. The smallest absolute Gasteiger partial charge is 0.132 e. The van der Waals surface area contributed by atoms with Crippen LogP contribution in [-0.4, -0.2) is 11.3 Å². The van der Waals surface area contributed by atoms with Gasteiger partial charge in [-0.25, -0.2) is 0 Å². The van der Waals surface area contributed by atoms with Crippen LogP contribution in [0.2, 0.25) is 0 Å². The minimum atomic E-state index is -0.628. The molecule has 17 heavy (non-hydrogen) atoms. The number of halogens is 1. The van der Waals surface area contributed by atoms with E-state index in [4.69, 9.17) is 11.6 Å². The molecule has 2 unspecified atom stereocenters. The van der Waals surface area contributed by atoms with Crippen molar-refractivity contribution in [1.82, 2.24) is 0 Å². The largest absolute Gasteiger partial charge is 0.374 e. The summed E-state index contributed by atoms with van der Waals surface area (Å²) in [5.41, 5.74) is 0.610. The quantitative estimate of drug-likeness (QED) is 0.517. The van der Waals surface area contributed by atoms with E-state index in [9.17, 15) is 5.11 Å². The van der Waals surface area contributed by atoms with Crippen molar-refractivity contribution in [3.8, 4) is 0 Å². The first-order chi connectivity index (χ1) is 8.20. The number of aliphatic hydroxyl groups excluding tert-OH is 1. The lowest BCUT2D eigenvalue weighted by Crippen LogP contribution is -2.33. The second-order valence-electron chi connectivity index (χ2n) is 3.74. The molecule has 0 saturated heterocycles. The molecule has 0 aliphatic carbocycles. The number of anilines is 1. The molecule has 1 heterocycles. The Labute approximate surface area is 110 Å². The fourth-order valence-corrected chi connectivity index (χ4v) is 2.98. The summed E-state index contributed by atoms with van der Waals surface area (Å²) >= 11 is 8.00. The van der Waals surface area contributed by atoms with Crippen LogP contribution in [0.15, 0.2) is 47.8 Å². The molecule has 0 radical (unpaired) electrons. The van der Waals surface area contributed by atoms with Gasteiger partial charge in [0.15, 0.2) is 0 Å². The van der Waals surface area contributed by atoms with Crippen LogP contribution in [0.4, 0.5) is 5.00 Å². The van der Waals surface area contributed by atoms with Gasteiger partial charge in [-0.1, -0.05) is 41.9 Å². The van der Waals surface area contributed by atoms with Crippen molar-refractivity contribution in [1.29, 1.82) is 0 Å². The van der Waals surface area contributed by atoms with Crippen molar-refractivity contribution < 1.29 is 5.11 Å². The standard InChI is InChI=1S/C13H14ClNOS/c1-10(16)15(12-8-5-9-17-12)13(14)11-6-3-2-4-7-11/h2-10,13,16H,1H3. The van der Waals surface area contributed by atoms with E-state index in [-0.39, 0.29) is 5.50 Å². The maximum atomic E-state index is 9.86. The maximum Gasteiger partial charge on any atom is 0.132 e. The third kappa shape index (κ3) is 2.80. The average Bonchev–Trinajstić information content (AvgIpc) is 2.83. The third-order valence-electron chi connectivity index (χ3n) is 2.48. The molecular formula is C13H14ClNOS. The molecule has 2 atom stereocenters. The van der Waals surface area contributed by atoms with Crippen LogP contribution in [0.3, 0.4) is 0 Å². The molecule has 0 fully saturated rings. The van der Waals surface area contributed by atoms with E-state index in [2.05, 4.69) is 0 Å². The molecule has 1 N–H and O–H groups in total. The first kappa shape index (κ1) is 12.4. The number of rotatable bonds is 4. The highest BCUT2D eigenvalue weighted by Crippen LogP contribution is 2.34. The molecule has 0 spiro atoms. The van der Waals surface area contributed by atoms with Crippen molar-refractivity contribution in [2.24, 2.45) is 0 Å². The molecule has 0 amide bonds. The van der Waals surface area contributed by atoms with Gasteiger partial charge in [0.2, 0.25) is 0 Å². The third-order valence-corrected chi connectivity index (χ3v) is 3.83. The Bertz CT molecular complexity index is 444. The normalized spacial score (nSPS) is 14.3. The molecule has 2 aromatic rings. The summed E-state index contributed by atoms with van der Waals surface area (Å²) in [5.74, 6) is 0. The van der Waals surface area contributed by atoms with Crippen LogP contribution < -0.4 is 4.90 Å². The van der Waals surface area contributed by atoms with E-state index in [0.29, 0.717) is 0 Å². The molecule has 0 bridgehead atoms. The second kappa shape index (κ2) is 5.54. The molecule has 1 aromatic carbocycles. The number of hydrogen-bond donors (Lipinski definition) is 1. The highest BCUT2D eigenvalue weighted by molar-refractivity contribution is 7.14. The second-order valence-corrected chi connectivity index (χ2v) is 5.08. The number of alkyl halides is 1. The predicted octanol–water partition coefficient (Wildman–Crippen LogP) is 3.83. The van der Waals surface area contributed by atoms with Crippen molar-refractivity contribution in [2.75, 3.05) is 4.90 Å². The molecule has 1 aromatic heterocycles. The van der Waals surface area contributed by atoms with Crippen molar-refractivity contribution >= 4 is 27.9 Å². The van der Waals surface area contributed by atoms with Gasteiger partial charge < -0.3 is 10.0 Å². The lowest BCUT2D eigenvalue weighted by molar-refractivity contribution is 0.186. The minimum Gasteiger partial charge on any atom is -0.374 e. The zero-order valence-electron chi connectivity index (χ0n) is 9.45. The van der Waals surface area contributed by atoms with Crippen LogP contribution in [0.1, 0.15) is 18.0 Å². The number of nitrogens with zero attached hydrogens (tertiary/aromatic N) is 1. The van der Waals surface area contributed by atoms with Crippen molar-refractivity contribution in [2.45, 2.75) is 18.7 Å². The fraction of sp³-hybridized carbons (Fsp3) is 0.231. The van der Waals surface area contributed by atoms with E-state index >= 15 is 0 Å². The van der Waals surface area contributed by atoms with E-state index in [1.165, 1.54) is 0 Å². The van der Waals surface area contributed by atoms with Gasteiger partial charge >= 0.3 is 0 Å². The summed E-state index contributed by atoms with van der Waals surface area (Å²) in [4.78, 5) is 1.79. The summed E-state index contributed by atoms with van der Waals surface area (Å²) in [6.45, 7) is 1.72. The van der Waals surface area contributed by atoms with E-state index in [0.717, 1.165) is 10.6 Å². The zero-order chi connectivity index (χ0) is 12.3. The molecule has 0 saturated carbocycles. The summed E-state index contributed by atoms with van der Waals surface area (Å²) < 4.78 is 0. The molecule has 90 valence electrons. The van der Waals surface area contributed by atoms with E-state index in [1.54, 1.807) is 23.2 Å². The van der Waals surface area contributed by atoms with E-state index < -0.39 is 6.23 Å². The number of hydrogen-bond acceptors (Lipinski definition) is 3. The van der Waals surface area contributed by atoms with Crippen LogP contribution in [0.5, 0.6) is 0 Å². The van der Waals surface area contributed by atoms with Gasteiger partial charge in [-0.3, -0.25) is 0 Å². The highest BCUT2D eigenvalue weighted by Gasteiger charge is 2.22. The van der Waals surface area contributed by atoms with Crippen LogP contribution in [0, 0.1) is 0 Å². The van der Waals surface area contributed by atoms with Gasteiger partial charge in [0.05, 0.1) is 5.00 Å². The maximum absolute atomic E-state index is 9.86. The Morgan fingerprint density at radius 1 is 1.18 bits per heavy atom. The highest BCUT2D eigenvalue weighted by atomic mass is 35.5. The molecule has 2 rings (SSSR count). The van der Waals surface area contributed by atoms with E-state index in [1.807, 2.05) is 47.8 Å². The Morgan fingerprint density at radius 3 is 2.41 bits per heavy atom. The molecular weight excluding hydrogens is 254 g/mol. The van der Waals surface area contributed by atoms with Crippen molar-refractivity contribution in [3.63, 3.8) is 0 Å². The Balaban J connectivity index is 2.29. The van der Waals surface area contributed by atoms with Gasteiger partial charge in [-0.15, -0.1) is 11.3 Å². The fourth-order valence-electron chi connectivity index (χ4n) is 1.67. The average molecular weight is 268 g/mol. The lowest BCUT2D eigenvalue weighted by atomic mass is 10.2. The van der Waals surface area contributed by atoms with Gasteiger partial charge in [0, 0.05) is 0 Å². The Hall–Kier alpha value is -1.03. The van der Waals surface area contributed by atoms with Gasteiger partial charge in [-0.2, -0.15) is 0 Å². The Morgan fingerprint density at radius 2 is 1.88 bits per heavy atom. The van der Waals surface area contributed by atoms with Crippen LogP contribution in [0.25, 0.3) is 0 Å². The lowest BCUT2D eigenvalue weighted by Gasteiger charge is -2.31.